The van der Waals surface area contributed by atoms with Crippen LogP contribution >= 0.6 is 46.6 Å². The van der Waals surface area contributed by atoms with Crippen molar-refractivity contribution in [3.63, 3.8) is 0 Å². The topological polar surface area (TPSA) is 49.4 Å². The van der Waals surface area contributed by atoms with Crippen LogP contribution in [0.25, 0.3) is 0 Å². The first kappa shape index (κ1) is 29.8. The molecule has 4 nitrogen and oxygen atoms in total. The van der Waals surface area contributed by atoms with Crippen LogP contribution in [-0.4, -0.2) is 34.6 Å². The molecule has 0 aliphatic heterocycles. The second-order valence-corrected chi connectivity index (χ2v) is 12.2. The summed E-state index contributed by atoms with van der Waals surface area (Å²) >= 11 is 20.1. The molecule has 0 bridgehead atoms. The number of carbonyl (C=O) groups excluding carboxylic acids is 2. The lowest BCUT2D eigenvalue weighted by Gasteiger charge is -2.33. The Morgan fingerprint density at radius 3 is 2.31 bits per heavy atom. The van der Waals surface area contributed by atoms with Crippen LogP contribution in [-0.2, 0) is 28.3 Å². The third-order valence-electron chi connectivity index (χ3n) is 6.94. The Bertz CT molecular complexity index is 1250. The maximum atomic E-state index is 13.8. The Balaban J connectivity index is 1.58. The molecule has 1 saturated carbocycles. The van der Waals surface area contributed by atoms with Gasteiger partial charge in [-0.15, -0.1) is 11.8 Å². The molecular weight excluding hydrogens is 571 g/mol. The first-order valence-corrected chi connectivity index (χ1v) is 15.6. The van der Waals surface area contributed by atoms with Crippen LogP contribution in [0, 0.1) is 0 Å². The molecule has 3 aromatic carbocycles. The summed E-state index contributed by atoms with van der Waals surface area (Å²) in [5.74, 6) is 0.659. The van der Waals surface area contributed by atoms with E-state index >= 15 is 0 Å². The number of nitrogens with one attached hydrogen (secondary N) is 1. The summed E-state index contributed by atoms with van der Waals surface area (Å²) in [6, 6.07) is 22.3. The van der Waals surface area contributed by atoms with E-state index in [9.17, 15) is 9.59 Å². The number of hydrogen-bond donors (Lipinski definition) is 1. The van der Waals surface area contributed by atoms with Crippen molar-refractivity contribution in [2.24, 2.45) is 0 Å². The Morgan fingerprint density at radius 2 is 1.59 bits per heavy atom. The largest absolute Gasteiger partial charge is 0.352 e. The second kappa shape index (κ2) is 15.0. The average Bonchev–Trinajstić information content (AvgIpc) is 2.93. The molecule has 1 aliphatic carbocycles. The number of carbonyl (C=O) groups is 2. The molecular formula is C31H33Cl3N2O2S. The molecule has 3 aromatic rings. The lowest BCUT2D eigenvalue weighted by atomic mass is 9.94. The molecule has 206 valence electrons. The van der Waals surface area contributed by atoms with E-state index in [0.717, 1.165) is 42.4 Å². The smallest absolute Gasteiger partial charge is 0.243 e. The monoisotopic (exact) mass is 602 g/mol. The molecule has 2 amide bonds. The van der Waals surface area contributed by atoms with E-state index in [-0.39, 0.29) is 30.2 Å². The Kier molecular flexibility index (Phi) is 11.5. The fraction of sp³-hybridized carbons (Fsp3) is 0.355. The van der Waals surface area contributed by atoms with Crippen LogP contribution in [0.1, 0.15) is 48.8 Å². The van der Waals surface area contributed by atoms with E-state index < -0.39 is 6.04 Å². The number of hydrogen-bond acceptors (Lipinski definition) is 3. The molecule has 0 saturated heterocycles. The Hall–Kier alpha value is -2.18. The molecule has 1 N–H and O–H groups in total. The van der Waals surface area contributed by atoms with Gasteiger partial charge in [-0.3, -0.25) is 9.59 Å². The van der Waals surface area contributed by atoms with Crippen molar-refractivity contribution in [3.05, 3.63) is 105 Å². The van der Waals surface area contributed by atoms with E-state index in [2.05, 4.69) is 5.32 Å². The van der Waals surface area contributed by atoms with Gasteiger partial charge in [0.1, 0.15) is 6.04 Å². The van der Waals surface area contributed by atoms with Crippen LogP contribution in [0.4, 0.5) is 0 Å². The molecule has 0 radical (unpaired) electrons. The first-order valence-electron chi connectivity index (χ1n) is 13.3. The molecule has 1 fully saturated rings. The maximum Gasteiger partial charge on any atom is 0.243 e. The number of thioether (sulfide) groups is 1. The zero-order valence-corrected chi connectivity index (χ0v) is 24.8. The van der Waals surface area contributed by atoms with Gasteiger partial charge in [-0.05, 0) is 53.8 Å². The highest BCUT2D eigenvalue weighted by molar-refractivity contribution is 7.99. The highest BCUT2D eigenvalue weighted by Gasteiger charge is 2.32. The predicted molar refractivity (Wildman–Crippen MR) is 164 cm³/mol. The molecule has 0 aromatic heterocycles. The van der Waals surface area contributed by atoms with Gasteiger partial charge in [-0.1, -0.05) is 103 Å². The standard InChI is InChI=1S/C31H33Cl3N2O2S/c32-25-11-7-10-24(16-25)20-39-21-30(37)36(19-23-14-15-27(33)28(34)17-23)29(18-22-8-3-1-4-9-22)31(38)35-26-12-5-2-6-13-26/h1,3-4,7-11,14-17,26,29H,2,5-6,12-13,18-21H2,(H,35,38)/t29-/m1/s1. The average molecular weight is 604 g/mol. The second-order valence-electron chi connectivity index (χ2n) is 9.94. The summed E-state index contributed by atoms with van der Waals surface area (Å²) in [5.41, 5.74) is 2.87. The van der Waals surface area contributed by atoms with E-state index in [1.54, 1.807) is 17.0 Å². The molecule has 1 aliphatic rings. The van der Waals surface area contributed by atoms with Gasteiger partial charge in [0, 0.05) is 29.8 Å². The number of rotatable bonds is 11. The minimum atomic E-state index is -0.664. The normalized spacial score (nSPS) is 14.5. The van der Waals surface area contributed by atoms with Crippen LogP contribution in [0.3, 0.4) is 0 Å². The summed E-state index contributed by atoms with van der Waals surface area (Å²) < 4.78 is 0. The quantitative estimate of drug-likeness (QED) is 0.242. The minimum absolute atomic E-state index is 0.104. The summed E-state index contributed by atoms with van der Waals surface area (Å²) in [5, 5.41) is 4.81. The summed E-state index contributed by atoms with van der Waals surface area (Å²) in [7, 11) is 0. The first-order chi connectivity index (χ1) is 18.9. The van der Waals surface area contributed by atoms with E-state index in [0.29, 0.717) is 27.2 Å². The molecule has 1 atom stereocenters. The Morgan fingerprint density at radius 1 is 0.846 bits per heavy atom. The Labute approximate surface area is 250 Å². The number of nitrogens with zero attached hydrogens (tertiary/aromatic N) is 1. The van der Waals surface area contributed by atoms with Crippen LogP contribution in [0.5, 0.6) is 0 Å². The SMILES string of the molecule is O=C(NC1CCCCC1)[C@@H](Cc1ccccc1)N(Cc1ccc(Cl)c(Cl)c1)C(=O)CSCc1cccc(Cl)c1. The highest BCUT2D eigenvalue weighted by atomic mass is 35.5. The van der Waals surface area contributed by atoms with Gasteiger partial charge in [0.2, 0.25) is 11.8 Å². The van der Waals surface area contributed by atoms with E-state index in [4.69, 9.17) is 34.8 Å². The highest BCUT2D eigenvalue weighted by Crippen LogP contribution is 2.26. The zero-order chi connectivity index (χ0) is 27.6. The molecule has 4 rings (SSSR count). The van der Waals surface area contributed by atoms with Crippen molar-refractivity contribution < 1.29 is 9.59 Å². The van der Waals surface area contributed by atoms with Gasteiger partial charge in [-0.2, -0.15) is 0 Å². The molecule has 0 spiro atoms. The van der Waals surface area contributed by atoms with Crippen molar-refractivity contribution in [2.45, 2.75) is 62.9 Å². The van der Waals surface area contributed by atoms with E-state index in [1.165, 1.54) is 18.2 Å². The van der Waals surface area contributed by atoms with Crippen LogP contribution in [0.15, 0.2) is 72.8 Å². The summed E-state index contributed by atoms with van der Waals surface area (Å²) in [6.07, 6.45) is 5.79. The number of halogens is 3. The van der Waals surface area contributed by atoms with Crippen molar-refractivity contribution in [3.8, 4) is 0 Å². The summed E-state index contributed by atoms with van der Waals surface area (Å²) in [4.78, 5) is 29.4. The molecule has 0 heterocycles. The van der Waals surface area contributed by atoms with Gasteiger partial charge in [0.25, 0.3) is 0 Å². The van der Waals surface area contributed by atoms with Crippen molar-refractivity contribution >= 4 is 58.4 Å². The number of amides is 2. The third-order valence-corrected chi connectivity index (χ3v) is 8.91. The summed E-state index contributed by atoms with van der Waals surface area (Å²) in [6.45, 7) is 0.253. The third kappa shape index (κ3) is 9.18. The maximum absolute atomic E-state index is 13.8. The zero-order valence-electron chi connectivity index (χ0n) is 21.8. The predicted octanol–water partition coefficient (Wildman–Crippen LogP) is 7.97. The fourth-order valence-electron chi connectivity index (χ4n) is 4.90. The van der Waals surface area contributed by atoms with Crippen molar-refractivity contribution in [1.82, 2.24) is 10.2 Å². The molecule has 0 unspecified atom stereocenters. The van der Waals surface area contributed by atoms with Gasteiger partial charge in [0.05, 0.1) is 15.8 Å². The van der Waals surface area contributed by atoms with Crippen LogP contribution < -0.4 is 5.32 Å². The van der Waals surface area contributed by atoms with Gasteiger partial charge >= 0.3 is 0 Å². The lowest BCUT2D eigenvalue weighted by Crippen LogP contribution is -2.53. The van der Waals surface area contributed by atoms with Crippen molar-refractivity contribution in [2.75, 3.05) is 5.75 Å². The lowest BCUT2D eigenvalue weighted by molar-refractivity contribution is -0.139. The van der Waals surface area contributed by atoms with E-state index in [1.807, 2.05) is 60.7 Å². The van der Waals surface area contributed by atoms with Crippen molar-refractivity contribution in [1.29, 1.82) is 0 Å². The fourth-order valence-corrected chi connectivity index (χ4v) is 6.29. The number of benzene rings is 3. The molecule has 8 heteroatoms. The van der Waals surface area contributed by atoms with Gasteiger partial charge < -0.3 is 10.2 Å². The minimum Gasteiger partial charge on any atom is -0.352 e. The molecule has 39 heavy (non-hydrogen) atoms. The van der Waals surface area contributed by atoms with Crippen LogP contribution in [0.2, 0.25) is 15.1 Å². The van der Waals surface area contributed by atoms with Gasteiger partial charge in [-0.25, -0.2) is 0 Å². The van der Waals surface area contributed by atoms with Gasteiger partial charge in [0.15, 0.2) is 0 Å².